The lowest BCUT2D eigenvalue weighted by atomic mass is 10.1. The van der Waals surface area contributed by atoms with E-state index in [1.165, 1.54) is 6.92 Å². The van der Waals surface area contributed by atoms with Crippen molar-refractivity contribution < 1.29 is 19.1 Å². The fourth-order valence-corrected chi connectivity index (χ4v) is 2.83. The van der Waals surface area contributed by atoms with E-state index in [1.807, 2.05) is 12.1 Å². The van der Waals surface area contributed by atoms with Crippen LogP contribution in [-0.4, -0.2) is 26.6 Å². The number of ether oxygens (including phenoxy) is 2. The first-order chi connectivity index (χ1) is 10.7. The van der Waals surface area contributed by atoms with Gasteiger partial charge in [-0.05, 0) is 41.1 Å². The SMILES string of the molecule is CC(=O)Oc1ccc2cc(C(=O)OCC[Si](C)(C)C)ccc2c1. The van der Waals surface area contributed by atoms with Crippen molar-refractivity contribution in [2.75, 3.05) is 6.61 Å². The normalized spacial score (nSPS) is 11.3. The Hall–Kier alpha value is -2.14. The molecule has 0 spiro atoms. The minimum Gasteiger partial charge on any atom is -0.462 e. The molecule has 0 saturated heterocycles. The van der Waals surface area contributed by atoms with Gasteiger partial charge in [-0.2, -0.15) is 0 Å². The number of benzene rings is 2. The Bertz CT molecular complexity index is 731. The molecule has 0 N–H and O–H groups in total. The second kappa shape index (κ2) is 6.96. The van der Waals surface area contributed by atoms with Crippen molar-refractivity contribution in [2.24, 2.45) is 0 Å². The van der Waals surface area contributed by atoms with Crippen LogP contribution in [0.2, 0.25) is 25.7 Å². The van der Waals surface area contributed by atoms with E-state index in [-0.39, 0.29) is 11.9 Å². The molecule has 0 saturated carbocycles. The molecule has 0 bridgehead atoms. The zero-order chi connectivity index (χ0) is 17.0. The van der Waals surface area contributed by atoms with Gasteiger partial charge in [-0.3, -0.25) is 4.79 Å². The number of fused-ring (bicyclic) bond motifs is 1. The Morgan fingerprint density at radius 3 is 2.30 bits per heavy atom. The van der Waals surface area contributed by atoms with Gasteiger partial charge in [0.15, 0.2) is 0 Å². The van der Waals surface area contributed by atoms with Crippen LogP contribution in [0.5, 0.6) is 5.75 Å². The van der Waals surface area contributed by atoms with Crippen LogP contribution in [-0.2, 0) is 9.53 Å². The number of carbonyl (C=O) groups excluding carboxylic acids is 2. The standard InChI is InChI=1S/C18H22O4Si/c1-13(19)22-17-8-7-14-11-16(6-5-15(14)12-17)18(20)21-9-10-23(2,3)4/h5-8,11-12H,9-10H2,1-4H3. The summed E-state index contributed by atoms with van der Waals surface area (Å²) in [5, 5.41) is 1.81. The van der Waals surface area contributed by atoms with Gasteiger partial charge in [0.05, 0.1) is 12.2 Å². The maximum atomic E-state index is 12.1. The van der Waals surface area contributed by atoms with Gasteiger partial charge < -0.3 is 9.47 Å². The summed E-state index contributed by atoms with van der Waals surface area (Å²) in [4.78, 5) is 23.1. The Morgan fingerprint density at radius 1 is 1.00 bits per heavy atom. The van der Waals surface area contributed by atoms with Gasteiger partial charge in [0, 0.05) is 15.0 Å². The van der Waals surface area contributed by atoms with Crippen LogP contribution in [0.25, 0.3) is 10.8 Å². The van der Waals surface area contributed by atoms with Crippen molar-refractivity contribution in [2.45, 2.75) is 32.6 Å². The molecule has 2 rings (SSSR count). The Kier molecular flexibility index (Phi) is 5.21. The van der Waals surface area contributed by atoms with Gasteiger partial charge in [-0.15, -0.1) is 0 Å². The van der Waals surface area contributed by atoms with Crippen LogP contribution in [0.4, 0.5) is 0 Å². The summed E-state index contributed by atoms with van der Waals surface area (Å²) in [5.41, 5.74) is 0.535. The molecule has 0 aliphatic rings. The minimum absolute atomic E-state index is 0.297. The highest BCUT2D eigenvalue weighted by atomic mass is 28.3. The summed E-state index contributed by atoms with van der Waals surface area (Å²) in [6, 6.07) is 11.6. The summed E-state index contributed by atoms with van der Waals surface area (Å²) in [6.07, 6.45) is 0. The number of hydrogen-bond acceptors (Lipinski definition) is 4. The first kappa shape index (κ1) is 17.2. The summed E-state index contributed by atoms with van der Waals surface area (Å²) in [5.74, 6) is -0.156. The topological polar surface area (TPSA) is 52.6 Å². The van der Waals surface area contributed by atoms with Crippen LogP contribution in [0.15, 0.2) is 36.4 Å². The first-order valence-electron chi connectivity index (χ1n) is 7.64. The van der Waals surface area contributed by atoms with Gasteiger partial charge in [0.25, 0.3) is 0 Å². The average molecular weight is 330 g/mol. The van der Waals surface area contributed by atoms with Crippen LogP contribution < -0.4 is 4.74 Å². The zero-order valence-corrected chi connectivity index (χ0v) is 15.0. The predicted octanol–water partition coefficient (Wildman–Crippen LogP) is 4.26. The lowest BCUT2D eigenvalue weighted by Crippen LogP contribution is -2.22. The van der Waals surface area contributed by atoms with Crippen molar-refractivity contribution in [3.8, 4) is 5.75 Å². The van der Waals surface area contributed by atoms with Crippen molar-refractivity contribution in [3.05, 3.63) is 42.0 Å². The molecule has 4 nitrogen and oxygen atoms in total. The van der Waals surface area contributed by atoms with E-state index >= 15 is 0 Å². The van der Waals surface area contributed by atoms with Crippen molar-refractivity contribution >= 4 is 30.8 Å². The second-order valence-electron chi connectivity index (χ2n) is 6.76. The maximum absolute atomic E-state index is 12.1. The monoisotopic (exact) mass is 330 g/mol. The molecule has 0 amide bonds. The molecule has 23 heavy (non-hydrogen) atoms. The molecular weight excluding hydrogens is 308 g/mol. The lowest BCUT2D eigenvalue weighted by Gasteiger charge is -2.15. The molecule has 5 heteroatoms. The van der Waals surface area contributed by atoms with E-state index in [2.05, 4.69) is 19.6 Å². The van der Waals surface area contributed by atoms with Gasteiger partial charge in [-0.25, -0.2) is 4.79 Å². The smallest absolute Gasteiger partial charge is 0.338 e. The highest BCUT2D eigenvalue weighted by Crippen LogP contribution is 2.22. The zero-order valence-electron chi connectivity index (χ0n) is 14.0. The Balaban J connectivity index is 2.10. The van der Waals surface area contributed by atoms with Crippen LogP contribution in [0.1, 0.15) is 17.3 Å². The van der Waals surface area contributed by atoms with Crippen LogP contribution in [0, 0.1) is 0 Å². The molecule has 0 heterocycles. The van der Waals surface area contributed by atoms with Crippen molar-refractivity contribution in [3.63, 3.8) is 0 Å². The largest absolute Gasteiger partial charge is 0.462 e. The number of carbonyl (C=O) groups is 2. The van der Waals surface area contributed by atoms with E-state index in [4.69, 9.17) is 9.47 Å². The third-order valence-corrected chi connectivity index (χ3v) is 5.10. The quantitative estimate of drug-likeness (QED) is 0.467. The molecule has 122 valence electrons. The third kappa shape index (κ3) is 5.21. The van der Waals surface area contributed by atoms with E-state index in [9.17, 15) is 9.59 Å². The Labute approximate surface area is 137 Å². The number of rotatable bonds is 5. The van der Waals surface area contributed by atoms with Gasteiger partial charge in [0.2, 0.25) is 0 Å². The van der Waals surface area contributed by atoms with E-state index in [1.54, 1.807) is 24.3 Å². The van der Waals surface area contributed by atoms with Gasteiger partial charge in [-0.1, -0.05) is 31.8 Å². The molecule has 2 aromatic rings. The average Bonchev–Trinajstić information content (AvgIpc) is 2.44. The molecule has 0 unspecified atom stereocenters. The number of hydrogen-bond donors (Lipinski definition) is 0. The molecule has 0 atom stereocenters. The van der Waals surface area contributed by atoms with Crippen molar-refractivity contribution in [1.29, 1.82) is 0 Å². The molecule has 0 aliphatic heterocycles. The summed E-state index contributed by atoms with van der Waals surface area (Å²) in [6.45, 7) is 8.58. The molecule has 0 aliphatic carbocycles. The fraction of sp³-hybridized carbons (Fsp3) is 0.333. The number of esters is 2. The Morgan fingerprint density at radius 2 is 1.65 bits per heavy atom. The molecule has 0 aromatic heterocycles. The third-order valence-electron chi connectivity index (χ3n) is 3.39. The first-order valence-corrected chi connectivity index (χ1v) is 11.3. The summed E-state index contributed by atoms with van der Waals surface area (Å²) < 4.78 is 10.4. The van der Waals surface area contributed by atoms with Crippen LogP contribution in [0.3, 0.4) is 0 Å². The van der Waals surface area contributed by atoms with Gasteiger partial charge in [0.1, 0.15) is 5.75 Å². The van der Waals surface area contributed by atoms with Gasteiger partial charge >= 0.3 is 11.9 Å². The second-order valence-corrected chi connectivity index (χ2v) is 12.4. The minimum atomic E-state index is -1.21. The summed E-state index contributed by atoms with van der Waals surface area (Å²) in [7, 11) is -1.21. The van der Waals surface area contributed by atoms with E-state index in [0.29, 0.717) is 17.9 Å². The maximum Gasteiger partial charge on any atom is 0.338 e. The summed E-state index contributed by atoms with van der Waals surface area (Å²) >= 11 is 0. The highest BCUT2D eigenvalue weighted by Gasteiger charge is 2.15. The van der Waals surface area contributed by atoms with E-state index < -0.39 is 8.07 Å². The predicted molar refractivity (Wildman–Crippen MR) is 93.7 cm³/mol. The van der Waals surface area contributed by atoms with Crippen LogP contribution >= 0.6 is 0 Å². The van der Waals surface area contributed by atoms with E-state index in [0.717, 1.165) is 16.8 Å². The fourth-order valence-electron chi connectivity index (χ4n) is 2.11. The highest BCUT2D eigenvalue weighted by molar-refractivity contribution is 6.76. The van der Waals surface area contributed by atoms with Crippen molar-refractivity contribution in [1.82, 2.24) is 0 Å². The molecule has 0 fully saturated rings. The molecule has 2 aromatic carbocycles. The molecular formula is C18H22O4Si. The molecule has 0 radical (unpaired) electrons. The lowest BCUT2D eigenvalue weighted by molar-refractivity contribution is -0.131.